The number of ether oxygens (including phenoxy) is 2. The smallest absolute Gasteiger partial charge is 0.258 e. The molecule has 24 heavy (non-hydrogen) atoms. The van der Waals surface area contributed by atoms with E-state index < -0.39 is 0 Å². The number of nitrogen functional groups attached to an aromatic ring is 1. The van der Waals surface area contributed by atoms with E-state index in [-0.39, 0.29) is 18.3 Å². The van der Waals surface area contributed by atoms with Crippen molar-refractivity contribution in [2.75, 3.05) is 31.4 Å². The van der Waals surface area contributed by atoms with Gasteiger partial charge in [0.25, 0.3) is 5.91 Å². The summed E-state index contributed by atoms with van der Waals surface area (Å²) >= 11 is 0. The standard InChI is InChI=1S/C18H20N2O3.ClH/c1-22-16-9-8-12(11-17(16)23-2)18(21)20-10-4-5-13-14(19)6-3-7-15(13)20;/h3,6-9,11H,4-5,10,19H2,1-2H3;1H. The number of hydrogen-bond acceptors (Lipinski definition) is 4. The molecule has 0 radical (unpaired) electrons. The van der Waals surface area contributed by atoms with E-state index in [2.05, 4.69) is 0 Å². The zero-order valence-electron chi connectivity index (χ0n) is 13.7. The molecular weight excluding hydrogens is 328 g/mol. The summed E-state index contributed by atoms with van der Waals surface area (Å²) in [6.07, 6.45) is 1.80. The van der Waals surface area contributed by atoms with Crippen molar-refractivity contribution in [3.05, 3.63) is 47.5 Å². The summed E-state index contributed by atoms with van der Waals surface area (Å²) in [7, 11) is 3.13. The molecule has 1 aliphatic heterocycles. The van der Waals surface area contributed by atoms with Gasteiger partial charge in [-0.3, -0.25) is 4.79 Å². The Hall–Kier alpha value is -2.40. The fourth-order valence-corrected chi connectivity index (χ4v) is 2.99. The summed E-state index contributed by atoms with van der Waals surface area (Å²) in [5, 5.41) is 0. The maximum Gasteiger partial charge on any atom is 0.258 e. The topological polar surface area (TPSA) is 64.8 Å². The molecule has 2 aromatic rings. The van der Waals surface area contributed by atoms with Gasteiger partial charge in [0.15, 0.2) is 11.5 Å². The van der Waals surface area contributed by atoms with Crippen LogP contribution in [-0.2, 0) is 6.42 Å². The molecular formula is C18H21ClN2O3. The summed E-state index contributed by atoms with van der Waals surface area (Å²) in [5.74, 6) is 1.09. The first kappa shape index (κ1) is 17.9. The van der Waals surface area contributed by atoms with Crippen LogP contribution in [0.25, 0.3) is 0 Å². The average Bonchev–Trinajstić information content (AvgIpc) is 2.60. The minimum Gasteiger partial charge on any atom is -0.493 e. The molecule has 0 saturated heterocycles. The fourth-order valence-electron chi connectivity index (χ4n) is 2.99. The Labute approximate surface area is 147 Å². The first-order valence-corrected chi connectivity index (χ1v) is 7.57. The molecule has 5 nitrogen and oxygen atoms in total. The number of hydrogen-bond donors (Lipinski definition) is 1. The third kappa shape index (κ3) is 3.12. The van der Waals surface area contributed by atoms with E-state index in [1.165, 1.54) is 0 Å². The minimum absolute atomic E-state index is 0. The van der Waals surface area contributed by atoms with Crippen LogP contribution in [0.15, 0.2) is 36.4 Å². The van der Waals surface area contributed by atoms with Crippen LogP contribution in [-0.4, -0.2) is 26.7 Å². The Morgan fingerprint density at radius 1 is 1.12 bits per heavy atom. The first-order chi connectivity index (χ1) is 11.2. The highest BCUT2D eigenvalue weighted by atomic mass is 35.5. The highest BCUT2D eigenvalue weighted by molar-refractivity contribution is 6.07. The number of nitrogens with zero attached hydrogens (tertiary/aromatic N) is 1. The number of methoxy groups -OCH3 is 2. The van der Waals surface area contributed by atoms with Crippen LogP contribution in [0.5, 0.6) is 11.5 Å². The molecule has 3 rings (SSSR count). The van der Waals surface area contributed by atoms with E-state index in [0.29, 0.717) is 23.6 Å². The zero-order valence-corrected chi connectivity index (χ0v) is 14.6. The zero-order chi connectivity index (χ0) is 16.4. The van der Waals surface area contributed by atoms with Gasteiger partial charge < -0.3 is 20.1 Å². The van der Waals surface area contributed by atoms with Crippen molar-refractivity contribution in [3.8, 4) is 11.5 Å². The molecule has 0 fully saturated rings. The largest absolute Gasteiger partial charge is 0.493 e. The fraction of sp³-hybridized carbons (Fsp3) is 0.278. The number of halogens is 1. The van der Waals surface area contributed by atoms with E-state index in [0.717, 1.165) is 29.8 Å². The van der Waals surface area contributed by atoms with Crippen molar-refractivity contribution in [2.45, 2.75) is 12.8 Å². The summed E-state index contributed by atoms with van der Waals surface area (Å²) in [4.78, 5) is 14.7. The number of carbonyl (C=O) groups is 1. The first-order valence-electron chi connectivity index (χ1n) is 7.57. The van der Waals surface area contributed by atoms with Gasteiger partial charge in [0.2, 0.25) is 0 Å². The molecule has 0 saturated carbocycles. The van der Waals surface area contributed by atoms with Crippen LogP contribution in [0.1, 0.15) is 22.3 Å². The minimum atomic E-state index is -0.0579. The normalized spacial score (nSPS) is 12.8. The van der Waals surface area contributed by atoms with Gasteiger partial charge in [-0.2, -0.15) is 0 Å². The highest BCUT2D eigenvalue weighted by Crippen LogP contribution is 2.33. The molecule has 0 spiro atoms. The molecule has 1 amide bonds. The number of benzene rings is 2. The highest BCUT2D eigenvalue weighted by Gasteiger charge is 2.25. The van der Waals surface area contributed by atoms with Crippen LogP contribution >= 0.6 is 12.4 Å². The average molecular weight is 349 g/mol. The summed E-state index contributed by atoms with van der Waals surface area (Å²) in [6, 6.07) is 10.9. The lowest BCUT2D eigenvalue weighted by Crippen LogP contribution is -2.35. The Morgan fingerprint density at radius 2 is 1.88 bits per heavy atom. The summed E-state index contributed by atoms with van der Waals surface area (Å²) < 4.78 is 10.5. The maximum absolute atomic E-state index is 12.9. The third-order valence-electron chi connectivity index (χ3n) is 4.16. The maximum atomic E-state index is 12.9. The van der Waals surface area contributed by atoms with E-state index in [4.69, 9.17) is 15.2 Å². The summed E-state index contributed by atoms with van der Waals surface area (Å²) in [6.45, 7) is 0.684. The molecule has 2 aromatic carbocycles. The Kier molecular flexibility index (Phi) is 5.57. The van der Waals surface area contributed by atoms with Crippen molar-refractivity contribution < 1.29 is 14.3 Å². The van der Waals surface area contributed by atoms with Gasteiger partial charge in [0, 0.05) is 23.5 Å². The van der Waals surface area contributed by atoms with E-state index in [1.54, 1.807) is 37.3 Å². The van der Waals surface area contributed by atoms with Crippen molar-refractivity contribution in [2.24, 2.45) is 0 Å². The Bertz CT molecular complexity index is 749. The molecule has 0 aromatic heterocycles. The number of rotatable bonds is 3. The molecule has 0 unspecified atom stereocenters. The Balaban J connectivity index is 0.00000208. The molecule has 2 N–H and O–H groups in total. The molecule has 128 valence electrons. The van der Waals surface area contributed by atoms with Gasteiger partial charge >= 0.3 is 0 Å². The van der Waals surface area contributed by atoms with Gasteiger partial charge in [-0.1, -0.05) is 6.07 Å². The monoisotopic (exact) mass is 348 g/mol. The molecule has 1 aliphatic rings. The molecule has 0 aliphatic carbocycles. The molecule has 0 atom stereocenters. The second-order valence-corrected chi connectivity index (χ2v) is 5.48. The van der Waals surface area contributed by atoms with Gasteiger partial charge in [-0.25, -0.2) is 0 Å². The van der Waals surface area contributed by atoms with Gasteiger partial charge in [0.1, 0.15) is 0 Å². The van der Waals surface area contributed by atoms with E-state index >= 15 is 0 Å². The number of nitrogens with two attached hydrogens (primary N) is 1. The molecule has 0 bridgehead atoms. The SMILES string of the molecule is COc1ccc(C(=O)N2CCCc3c(N)cccc32)cc1OC.Cl. The van der Waals surface area contributed by atoms with Gasteiger partial charge in [-0.15, -0.1) is 12.4 Å². The number of amides is 1. The number of anilines is 2. The number of fused-ring (bicyclic) bond motifs is 1. The van der Waals surface area contributed by atoms with Crippen LogP contribution in [0, 0.1) is 0 Å². The Morgan fingerprint density at radius 3 is 2.58 bits per heavy atom. The van der Waals surface area contributed by atoms with Crippen LogP contribution in [0.3, 0.4) is 0 Å². The quantitative estimate of drug-likeness (QED) is 0.864. The van der Waals surface area contributed by atoms with Gasteiger partial charge in [0.05, 0.1) is 14.2 Å². The second kappa shape index (κ2) is 7.45. The van der Waals surface area contributed by atoms with Crippen LogP contribution < -0.4 is 20.1 Å². The van der Waals surface area contributed by atoms with Crippen LogP contribution in [0.2, 0.25) is 0 Å². The van der Waals surface area contributed by atoms with E-state index in [9.17, 15) is 4.79 Å². The lowest BCUT2D eigenvalue weighted by atomic mass is 9.99. The molecule has 6 heteroatoms. The van der Waals surface area contributed by atoms with Crippen molar-refractivity contribution in [1.29, 1.82) is 0 Å². The predicted molar refractivity (Wildman–Crippen MR) is 97.6 cm³/mol. The lowest BCUT2D eigenvalue weighted by molar-refractivity contribution is 0.0985. The second-order valence-electron chi connectivity index (χ2n) is 5.48. The van der Waals surface area contributed by atoms with E-state index in [1.807, 2.05) is 18.2 Å². The van der Waals surface area contributed by atoms with Crippen molar-refractivity contribution >= 4 is 29.7 Å². The lowest BCUT2D eigenvalue weighted by Gasteiger charge is -2.30. The van der Waals surface area contributed by atoms with Gasteiger partial charge in [-0.05, 0) is 48.7 Å². The van der Waals surface area contributed by atoms with Crippen LogP contribution in [0.4, 0.5) is 11.4 Å². The van der Waals surface area contributed by atoms with Crippen molar-refractivity contribution in [1.82, 2.24) is 0 Å². The molecule has 1 heterocycles. The predicted octanol–water partition coefficient (Wildman–Crippen LogP) is 3.30. The number of carbonyl (C=O) groups excluding carboxylic acids is 1. The van der Waals surface area contributed by atoms with Crippen molar-refractivity contribution in [3.63, 3.8) is 0 Å². The summed E-state index contributed by atoms with van der Waals surface area (Å²) in [5.41, 5.74) is 9.31. The third-order valence-corrected chi connectivity index (χ3v) is 4.16.